The highest BCUT2D eigenvalue weighted by Gasteiger charge is 2.64. The van der Waals surface area contributed by atoms with Crippen molar-refractivity contribution in [2.75, 3.05) is 7.11 Å². The molecule has 6 nitrogen and oxygen atoms in total. The number of esters is 1. The standard InChI is InChI=1S/C9H11F3N2O4/c1-4-5(6(15)14(2)13-4)8(17,7(16)18-3)9(10,11)12/h13,17H,1-3H3. The van der Waals surface area contributed by atoms with Crippen molar-refractivity contribution in [1.82, 2.24) is 9.78 Å². The normalized spacial score (nSPS) is 15.3. The van der Waals surface area contributed by atoms with Gasteiger partial charge in [0.25, 0.3) is 11.2 Å². The maximum Gasteiger partial charge on any atom is 0.432 e. The molecule has 0 bridgehead atoms. The summed E-state index contributed by atoms with van der Waals surface area (Å²) in [5, 5.41) is 11.9. The van der Waals surface area contributed by atoms with E-state index in [1.807, 2.05) is 0 Å². The van der Waals surface area contributed by atoms with Crippen molar-refractivity contribution in [2.24, 2.45) is 7.05 Å². The van der Waals surface area contributed by atoms with Gasteiger partial charge in [-0.05, 0) is 6.92 Å². The van der Waals surface area contributed by atoms with Crippen molar-refractivity contribution in [1.29, 1.82) is 0 Å². The predicted molar refractivity (Wildman–Crippen MR) is 52.7 cm³/mol. The number of methoxy groups -OCH3 is 1. The number of aromatic amines is 1. The molecule has 0 spiro atoms. The zero-order chi connectivity index (χ0) is 14.3. The van der Waals surface area contributed by atoms with Gasteiger partial charge in [-0.15, -0.1) is 0 Å². The number of hydrogen-bond acceptors (Lipinski definition) is 4. The molecule has 1 rings (SSSR count). The number of carbonyl (C=O) groups excluding carboxylic acids is 1. The Hall–Kier alpha value is -1.77. The molecule has 2 N–H and O–H groups in total. The van der Waals surface area contributed by atoms with E-state index < -0.39 is 28.9 Å². The van der Waals surface area contributed by atoms with Crippen LogP contribution in [-0.4, -0.2) is 34.1 Å². The lowest BCUT2D eigenvalue weighted by atomic mass is 9.93. The number of H-pyrrole nitrogens is 1. The Morgan fingerprint density at radius 3 is 2.22 bits per heavy atom. The van der Waals surface area contributed by atoms with Crippen LogP contribution in [0.4, 0.5) is 13.2 Å². The summed E-state index contributed by atoms with van der Waals surface area (Å²) < 4.78 is 43.3. The molecule has 0 radical (unpaired) electrons. The van der Waals surface area contributed by atoms with Gasteiger partial charge in [-0.25, -0.2) is 4.79 Å². The van der Waals surface area contributed by atoms with Crippen LogP contribution in [0.1, 0.15) is 11.3 Å². The highest BCUT2D eigenvalue weighted by atomic mass is 19.4. The van der Waals surface area contributed by atoms with Crippen molar-refractivity contribution >= 4 is 5.97 Å². The first-order valence-electron chi connectivity index (χ1n) is 4.71. The second kappa shape index (κ2) is 4.16. The Kier molecular flexibility index (Phi) is 3.30. The van der Waals surface area contributed by atoms with Gasteiger partial charge >= 0.3 is 12.1 Å². The summed E-state index contributed by atoms with van der Waals surface area (Å²) in [4.78, 5) is 22.8. The summed E-state index contributed by atoms with van der Waals surface area (Å²) in [6.07, 6.45) is -5.38. The number of aryl methyl sites for hydroxylation is 2. The quantitative estimate of drug-likeness (QED) is 0.736. The Morgan fingerprint density at radius 2 is 1.94 bits per heavy atom. The van der Waals surface area contributed by atoms with E-state index in [4.69, 9.17) is 0 Å². The molecular weight excluding hydrogens is 257 g/mol. The van der Waals surface area contributed by atoms with Gasteiger partial charge in [0.15, 0.2) is 0 Å². The van der Waals surface area contributed by atoms with Crippen molar-refractivity contribution in [2.45, 2.75) is 18.7 Å². The number of halogens is 3. The lowest BCUT2D eigenvalue weighted by Gasteiger charge is -2.26. The number of hydrogen-bond donors (Lipinski definition) is 2. The molecule has 1 heterocycles. The zero-order valence-electron chi connectivity index (χ0n) is 9.75. The average Bonchev–Trinajstić information content (AvgIpc) is 2.49. The Bertz CT molecular complexity index is 531. The lowest BCUT2D eigenvalue weighted by Crippen LogP contribution is -2.52. The number of nitrogens with one attached hydrogen (secondary N) is 1. The minimum absolute atomic E-state index is 0.271. The average molecular weight is 268 g/mol. The topological polar surface area (TPSA) is 84.3 Å². The Balaban J connectivity index is 3.66. The van der Waals surface area contributed by atoms with E-state index >= 15 is 0 Å². The van der Waals surface area contributed by atoms with Gasteiger partial charge in [-0.1, -0.05) is 0 Å². The SMILES string of the molecule is COC(=O)C(O)(c1c(C)[nH]n(C)c1=O)C(F)(F)F. The number of aliphatic hydroxyl groups is 1. The van der Waals surface area contributed by atoms with E-state index in [0.717, 1.165) is 18.7 Å². The van der Waals surface area contributed by atoms with Crippen LogP contribution in [0, 0.1) is 6.92 Å². The number of ether oxygens (including phenoxy) is 1. The van der Waals surface area contributed by atoms with Gasteiger partial charge in [0, 0.05) is 12.7 Å². The van der Waals surface area contributed by atoms with E-state index in [1.54, 1.807) is 0 Å². The van der Waals surface area contributed by atoms with Crippen LogP contribution in [0.2, 0.25) is 0 Å². The molecule has 0 amide bonds. The summed E-state index contributed by atoms with van der Waals surface area (Å²) >= 11 is 0. The molecule has 18 heavy (non-hydrogen) atoms. The summed E-state index contributed by atoms with van der Waals surface area (Å²) in [5.41, 5.74) is -6.50. The molecule has 0 fully saturated rings. The number of alkyl halides is 3. The number of carbonyl (C=O) groups is 1. The summed E-state index contributed by atoms with van der Waals surface area (Å²) in [7, 11) is 1.85. The molecule has 0 saturated carbocycles. The van der Waals surface area contributed by atoms with Crippen molar-refractivity contribution in [3.63, 3.8) is 0 Å². The van der Waals surface area contributed by atoms with Gasteiger partial charge in [-0.3, -0.25) is 14.6 Å². The lowest BCUT2D eigenvalue weighted by molar-refractivity contribution is -0.267. The predicted octanol–water partition coefficient (Wildman–Crippen LogP) is -0.0553. The third kappa shape index (κ3) is 1.80. The molecule has 1 atom stereocenters. The van der Waals surface area contributed by atoms with Crippen molar-refractivity contribution < 1.29 is 27.8 Å². The molecule has 102 valence electrons. The molecule has 9 heteroatoms. The highest BCUT2D eigenvalue weighted by molar-refractivity contribution is 5.82. The first-order chi connectivity index (χ1) is 8.07. The van der Waals surface area contributed by atoms with Crippen LogP contribution < -0.4 is 5.56 Å². The van der Waals surface area contributed by atoms with Crippen LogP contribution in [0.25, 0.3) is 0 Å². The van der Waals surface area contributed by atoms with E-state index in [2.05, 4.69) is 9.84 Å². The van der Waals surface area contributed by atoms with E-state index in [0.29, 0.717) is 7.11 Å². The number of nitrogens with zero attached hydrogens (tertiary/aromatic N) is 1. The number of rotatable bonds is 2. The second-order valence-corrected chi connectivity index (χ2v) is 3.68. The van der Waals surface area contributed by atoms with Gasteiger partial charge in [0.2, 0.25) is 0 Å². The minimum atomic E-state index is -5.38. The van der Waals surface area contributed by atoms with Gasteiger partial charge < -0.3 is 9.84 Å². The summed E-state index contributed by atoms with van der Waals surface area (Å²) in [5.74, 6) is -1.96. The maximum atomic E-state index is 12.9. The Morgan fingerprint density at radius 1 is 1.44 bits per heavy atom. The molecule has 1 aromatic heterocycles. The first-order valence-corrected chi connectivity index (χ1v) is 4.71. The fourth-order valence-electron chi connectivity index (χ4n) is 1.62. The monoisotopic (exact) mass is 268 g/mol. The summed E-state index contributed by atoms with van der Waals surface area (Å²) in [6, 6.07) is 0. The second-order valence-electron chi connectivity index (χ2n) is 3.68. The van der Waals surface area contributed by atoms with Crippen molar-refractivity contribution in [3.8, 4) is 0 Å². The molecule has 0 aromatic carbocycles. The highest BCUT2D eigenvalue weighted by Crippen LogP contribution is 2.39. The first kappa shape index (κ1) is 14.3. The van der Waals surface area contributed by atoms with Gasteiger partial charge in [0.1, 0.15) is 0 Å². The van der Waals surface area contributed by atoms with Crippen LogP contribution in [0.3, 0.4) is 0 Å². The fraction of sp³-hybridized carbons (Fsp3) is 0.556. The minimum Gasteiger partial charge on any atom is -0.466 e. The molecule has 1 unspecified atom stereocenters. The van der Waals surface area contributed by atoms with Gasteiger partial charge in [-0.2, -0.15) is 13.2 Å². The van der Waals surface area contributed by atoms with E-state index in [-0.39, 0.29) is 5.69 Å². The zero-order valence-corrected chi connectivity index (χ0v) is 9.75. The smallest absolute Gasteiger partial charge is 0.432 e. The van der Waals surface area contributed by atoms with Crippen LogP contribution in [0.15, 0.2) is 4.79 Å². The largest absolute Gasteiger partial charge is 0.466 e. The molecular formula is C9H11F3N2O4. The molecule has 0 aliphatic rings. The van der Waals surface area contributed by atoms with Crippen LogP contribution >= 0.6 is 0 Å². The van der Waals surface area contributed by atoms with Gasteiger partial charge in [0.05, 0.1) is 12.7 Å². The summed E-state index contributed by atoms with van der Waals surface area (Å²) in [6.45, 7) is 1.14. The number of aromatic nitrogens is 2. The molecule has 1 aromatic rings. The van der Waals surface area contributed by atoms with E-state index in [9.17, 15) is 27.9 Å². The molecule has 0 saturated heterocycles. The van der Waals surface area contributed by atoms with E-state index in [1.165, 1.54) is 0 Å². The molecule has 0 aliphatic heterocycles. The van der Waals surface area contributed by atoms with Crippen LogP contribution in [-0.2, 0) is 22.2 Å². The van der Waals surface area contributed by atoms with Crippen molar-refractivity contribution in [3.05, 3.63) is 21.6 Å². The maximum absolute atomic E-state index is 12.9. The molecule has 0 aliphatic carbocycles. The van der Waals surface area contributed by atoms with Crippen LogP contribution in [0.5, 0.6) is 0 Å². The Labute approximate surface area is 99.0 Å². The fourth-order valence-corrected chi connectivity index (χ4v) is 1.62. The third-order valence-corrected chi connectivity index (χ3v) is 2.48. The third-order valence-electron chi connectivity index (χ3n) is 2.48.